The van der Waals surface area contributed by atoms with E-state index in [-0.39, 0.29) is 0 Å². The summed E-state index contributed by atoms with van der Waals surface area (Å²) in [4.78, 5) is 0. The Labute approximate surface area is 71.8 Å². The molecule has 0 aliphatic carbocycles. The van der Waals surface area contributed by atoms with E-state index >= 15 is 0 Å². The summed E-state index contributed by atoms with van der Waals surface area (Å²) in [7, 11) is 0. The molecule has 0 saturated carbocycles. The highest BCUT2D eigenvalue weighted by molar-refractivity contribution is 5.83. The van der Waals surface area contributed by atoms with Crippen LogP contribution in [0.1, 0.15) is 12.5 Å². The van der Waals surface area contributed by atoms with Crippen molar-refractivity contribution < 1.29 is 5.21 Å². The molecule has 0 bridgehead atoms. The molecular weight excluding hydrogens is 150 g/mol. The fourth-order valence-electron chi connectivity index (χ4n) is 0.942. The van der Waals surface area contributed by atoms with Crippen LogP contribution in [0, 0.1) is 0 Å². The van der Waals surface area contributed by atoms with Gasteiger partial charge in [0.2, 0.25) is 0 Å². The van der Waals surface area contributed by atoms with Crippen LogP contribution in [0.2, 0.25) is 0 Å². The van der Waals surface area contributed by atoms with Gasteiger partial charge in [-0.25, -0.2) is 0 Å². The molecule has 1 rings (SSSR count). The van der Waals surface area contributed by atoms with Crippen molar-refractivity contribution in [3.05, 3.63) is 42.0 Å². The SMILES string of the molecule is C/C(=C/C=N/O)c1ccccc1. The molecule has 2 nitrogen and oxygen atoms in total. The first-order valence-electron chi connectivity index (χ1n) is 3.74. The van der Waals surface area contributed by atoms with Crippen molar-refractivity contribution in [3.8, 4) is 0 Å². The molecule has 0 saturated heterocycles. The topological polar surface area (TPSA) is 32.6 Å². The highest BCUT2D eigenvalue weighted by atomic mass is 16.4. The Morgan fingerprint density at radius 1 is 1.33 bits per heavy atom. The van der Waals surface area contributed by atoms with Crippen molar-refractivity contribution in [2.45, 2.75) is 6.92 Å². The van der Waals surface area contributed by atoms with E-state index in [1.165, 1.54) is 6.21 Å². The smallest absolute Gasteiger partial charge is 0.0664 e. The summed E-state index contributed by atoms with van der Waals surface area (Å²) in [5.41, 5.74) is 2.21. The average molecular weight is 161 g/mol. The summed E-state index contributed by atoms with van der Waals surface area (Å²) in [6.45, 7) is 1.97. The van der Waals surface area contributed by atoms with Crippen LogP contribution in [-0.4, -0.2) is 11.4 Å². The first kappa shape index (κ1) is 8.53. The van der Waals surface area contributed by atoms with E-state index in [4.69, 9.17) is 5.21 Å². The average Bonchev–Trinajstić information content (AvgIpc) is 2.15. The number of allylic oxidation sites excluding steroid dienone is 2. The van der Waals surface area contributed by atoms with Crippen molar-refractivity contribution in [3.63, 3.8) is 0 Å². The number of hydrogen-bond acceptors (Lipinski definition) is 2. The molecule has 0 atom stereocenters. The zero-order valence-electron chi connectivity index (χ0n) is 6.94. The van der Waals surface area contributed by atoms with Gasteiger partial charge < -0.3 is 5.21 Å². The van der Waals surface area contributed by atoms with E-state index < -0.39 is 0 Å². The summed E-state index contributed by atoms with van der Waals surface area (Å²) in [5, 5.41) is 11.1. The molecule has 0 aliphatic rings. The number of oxime groups is 1. The second-order valence-electron chi connectivity index (χ2n) is 2.48. The quantitative estimate of drug-likeness (QED) is 0.403. The van der Waals surface area contributed by atoms with E-state index in [1.54, 1.807) is 6.08 Å². The van der Waals surface area contributed by atoms with Gasteiger partial charge in [-0.3, -0.25) is 0 Å². The highest BCUT2D eigenvalue weighted by Gasteiger charge is 1.90. The Bertz CT molecular complexity index is 288. The molecule has 62 valence electrons. The minimum absolute atomic E-state index is 1.08. The highest BCUT2D eigenvalue weighted by Crippen LogP contribution is 2.11. The maximum absolute atomic E-state index is 8.19. The number of benzene rings is 1. The zero-order valence-corrected chi connectivity index (χ0v) is 6.94. The molecule has 2 heteroatoms. The predicted octanol–water partition coefficient (Wildman–Crippen LogP) is 2.55. The Hall–Kier alpha value is -1.57. The molecular formula is C10H11NO. The summed E-state index contributed by atoms with van der Waals surface area (Å²) in [6.07, 6.45) is 3.12. The standard InChI is InChI=1S/C10H11NO/c1-9(7-8-11-12)10-5-3-2-4-6-10/h2-8,12H,1H3/b9-7-,11-8+. The third-order valence-electron chi connectivity index (χ3n) is 1.62. The molecule has 1 aromatic carbocycles. The van der Waals surface area contributed by atoms with Crippen molar-refractivity contribution in [2.24, 2.45) is 5.16 Å². The lowest BCUT2D eigenvalue weighted by Gasteiger charge is -1.97. The lowest BCUT2D eigenvalue weighted by atomic mass is 10.1. The van der Waals surface area contributed by atoms with Crippen LogP contribution in [0.25, 0.3) is 5.57 Å². The van der Waals surface area contributed by atoms with Crippen LogP contribution in [0.15, 0.2) is 41.6 Å². The molecule has 0 heterocycles. The van der Waals surface area contributed by atoms with Gasteiger partial charge in [0.15, 0.2) is 0 Å². The Balaban J connectivity index is 2.85. The van der Waals surface area contributed by atoms with Crippen molar-refractivity contribution in [1.29, 1.82) is 0 Å². The van der Waals surface area contributed by atoms with Gasteiger partial charge in [0, 0.05) is 0 Å². The summed E-state index contributed by atoms with van der Waals surface area (Å²) < 4.78 is 0. The van der Waals surface area contributed by atoms with Gasteiger partial charge in [0.05, 0.1) is 6.21 Å². The van der Waals surface area contributed by atoms with Gasteiger partial charge in [-0.05, 0) is 24.1 Å². The first-order valence-corrected chi connectivity index (χ1v) is 3.74. The second kappa shape index (κ2) is 4.34. The van der Waals surface area contributed by atoms with Gasteiger partial charge in [-0.15, -0.1) is 0 Å². The third-order valence-corrected chi connectivity index (χ3v) is 1.62. The molecule has 0 amide bonds. The van der Waals surface area contributed by atoms with Crippen molar-refractivity contribution in [1.82, 2.24) is 0 Å². The first-order chi connectivity index (χ1) is 5.84. The minimum Gasteiger partial charge on any atom is -0.411 e. The molecule has 0 aliphatic heterocycles. The lowest BCUT2D eigenvalue weighted by Crippen LogP contribution is -1.78. The van der Waals surface area contributed by atoms with Crippen LogP contribution in [-0.2, 0) is 0 Å². The van der Waals surface area contributed by atoms with Crippen molar-refractivity contribution in [2.75, 3.05) is 0 Å². The molecule has 1 N–H and O–H groups in total. The molecule has 12 heavy (non-hydrogen) atoms. The molecule has 0 spiro atoms. The second-order valence-corrected chi connectivity index (χ2v) is 2.48. The van der Waals surface area contributed by atoms with Crippen LogP contribution in [0.3, 0.4) is 0 Å². The fraction of sp³-hybridized carbons (Fsp3) is 0.100. The Kier molecular flexibility index (Phi) is 3.08. The summed E-state index contributed by atoms with van der Waals surface area (Å²) in [6, 6.07) is 9.94. The monoisotopic (exact) mass is 161 g/mol. The summed E-state index contributed by atoms with van der Waals surface area (Å²) >= 11 is 0. The molecule has 1 aromatic rings. The van der Waals surface area contributed by atoms with Crippen LogP contribution in [0.4, 0.5) is 0 Å². The Morgan fingerprint density at radius 3 is 2.58 bits per heavy atom. The van der Waals surface area contributed by atoms with Crippen molar-refractivity contribution >= 4 is 11.8 Å². The van der Waals surface area contributed by atoms with Gasteiger partial charge in [-0.1, -0.05) is 35.5 Å². The molecule has 0 radical (unpaired) electrons. The summed E-state index contributed by atoms with van der Waals surface area (Å²) in [5.74, 6) is 0. The molecule has 0 unspecified atom stereocenters. The zero-order chi connectivity index (χ0) is 8.81. The van der Waals surface area contributed by atoms with E-state index in [1.807, 2.05) is 37.3 Å². The lowest BCUT2D eigenvalue weighted by molar-refractivity contribution is 0.322. The fourth-order valence-corrected chi connectivity index (χ4v) is 0.942. The van der Waals surface area contributed by atoms with Gasteiger partial charge in [0.25, 0.3) is 0 Å². The van der Waals surface area contributed by atoms with Crippen LogP contribution >= 0.6 is 0 Å². The maximum Gasteiger partial charge on any atom is 0.0664 e. The maximum atomic E-state index is 8.19. The van der Waals surface area contributed by atoms with E-state index in [2.05, 4.69) is 5.16 Å². The van der Waals surface area contributed by atoms with E-state index in [0.29, 0.717) is 0 Å². The predicted molar refractivity (Wildman–Crippen MR) is 50.4 cm³/mol. The van der Waals surface area contributed by atoms with Gasteiger partial charge in [-0.2, -0.15) is 0 Å². The minimum atomic E-state index is 1.08. The third kappa shape index (κ3) is 2.23. The normalized spacial score (nSPS) is 12.2. The van der Waals surface area contributed by atoms with Gasteiger partial charge in [0.1, 0.15) is 0 Å². The largest absolute Gasteiger partial charge is 0.411 e. The number of hydrogen-bond donors (Lipinski definition) is 1. The van der Waals surface area contributed by atoms with Gasteiger partial charge >= 0.3 is 0 Å². The Morgan fingerprint density at radius 2 is 2.00 bits per heavy atom. The van der Waals surface area contributed by atoms with Crippen LogP contribution in [0.5, 0.6) is 0 Å². The van der Waals surface area contributed by atoms with E-state index in [9.17, 15) is 0 Å². The number of nitrogens with zero attached hydrogens (tertiary/aromatic N) is 1. The molecule has 0 aromatic heterocycles. The van der Waals surface area contributed by atoms with E-state index in [0.717, 1.165) is 11.1 Å². The number of rotatable bonds is 2. The molecule has 0 fully saturated rings. The van der Waals surface area contributed by atoms with Crippen LogP contribution < -0.4 is 0 Å².